The molecule has 0 bridgehead atoms. The van der Waals surface area contributed by atoms with Crippen LogP contribution in [-0.2, 0) is 14.4 Å². The first-order valence-electron chi connectivity index (χ1n) is 2.54. The van der Waals surface area contributed by atoms with Crippen molar-refractivity contribution < 1.29 is 32.8 Å². The predicted octanol–water partition coefficient (Wildman–Crippen LogP) is 0.419. The predicted molar refractivity (Wildman–Crippen MR) is 26.1 cm³/mol. The Labute approximate surface area is 60.4 Å². The van der Waals surface area contributed by atoms with Crippen molar-refractivity contribution in [3.63, 3.8) is 0 Å². The van der Waals surface area contributed by atoms with Crippen LogP contribution in [0, 0.1) is 0 Å². The third-order valence-corrected chi connectivity index (χ3v) is 0.756. The topological polar surface area (TPSA) is 47.9 Å². The number of aliphatic hydroxyl groups excluding tert-OH is 1. The lowest BCUT2D eigenvalue weighted by atomic mass is 10.7. The molecule has 0 aliphatic heterocycles. The summed E-state index contributed by atoms with van der Waals surface area (Å²) in [5, 5.41) is 8.46. The zero-order valence-electron chi connectivity index (χ0n) is 5.59. The molecule has 0 aliphatic carbocycles. The Hall–Kier alpha value is -0.370. The van der Waals surface area contributed by atoms with Gasteiger partial charge in [-0.25, -0.2) is 0 Å². The molecule has 0 amide bonds. The molecule has 0 aromatic heterocycles. The maximum absolute atomic E-state index is 11.7. The van der Waals surface area contributed by atoms with E-state index in [1.165, 1.54) is 0 Å². The van der Waals surface area contributed by atoms with Crippen LogP contribution in [0.2, 0.25) is 0 Å². The summed E-state index contributed by atoms with van der Waals surface area (Å²) in [6.07, 6.45) is -5.87. The molecule has 0 aromatic carbocycles. The van der Waals surface area contributed by atoms with Gasteiger partial charge in [0, 0.05) is 7.11 Å². The van der Waals surface area contributed by atoms with Crippen molar-refractivity contribution in [2.24, 2.45) is 0 Å². The Kier molecular flexibility index (Phi) is 4.34. The molecule has 0 spiro atoms. The van der Waals surface area contributed by atoms with E-state index in [9.17, 15) is 13.3 Å². The summed E-state index contributed by atoms with van der Waals surface area (Å²) < 4.78 is 41.7. The second-order valence-electron chi connectivity index (χ2n) is 1.54. The molecular formula is C4H7F3O4. The fraction of sp³-hybridized carbons (Fsp3) is 1.00. The van der Waals surface area contributed by atoms with E-state index in [2.05, 4.69) is 14.4 Å². The highest BCUT2D eigenvalue weighted by molar-refractivity contribution is 4.36. The average Bonchev–Trinajstić information content (AvgIpc) is 2.00. The minimum absolute atomic E-state index is 0.882. The lowest BCUT2D eigenvalue weighted by Crippen LogP contribution is -2.28. The summed E-state index contributed by atoms with van der Waals surface area (Å²) >= 11 is 0. The Morgan fingerprint density at radius 1 is 1.55 bits per heavy atom. The monoisotopic (exact) mass is 176 g/mol. The van der Waals surface area contributed by atoms with Crippen LogP contribution < -0.4 is 0 Å². The fourth-order valence-corrected chi connectivity index (χ4v) is 0.259. The van der Waals surface area contributed by atoms with Crippen molar-refractivity contribution >= 4 is 0 Å². The number of halogens is 3. The minimum Gasteiger partial charge on any atom is -0.366 e. The zero-order valence-corrected chi connectivity index (χ0v) is 5.59. The van der Waals surface area contributed by atoms with Crippen molar-refractivity contribution in [3.05, 3.63) is 0 Å². The Morgan fingerprint density at radius 3 is 2.45 bits per heavy atom. The molecule has 0 saturated carbocycles. The fourth-order valence-electron chi connectivity index (χ4n) is 0.259. The molecule has 1 unspecified atom stereocenters. The van der Waals surface area contributed by atoms with Gasteiger partial charge >= 0.3 is 6.29 Å². The molecule has 68 valence electrons. The van der Waals surface area contributed by atoms with E-state index in [0.29, 0.717) is 0 Å². The first kappa shape index (κ1) is 10.6. The number of hydrogen-bond acceptors (Lipinski definition) is 4. The van der Waals surface area contributed by atoms with Crippen LogP contribution in [-0.4, -0.2) is 31.4 Å². The van der Waals surface area contributed by atoms with Gasteiger partial charge in [-0.3, -0.25) is 4.74 Å². The summed E-state index contributed by atoms with van der Waals surface area (Å²) in [7, 11) is 1.07. The summed E-state index contributed by atoms with van der Waals surface area (Å²) in [4.78, 5) is 2.11. The normalized spacial score (nSPS) is 15.0. The molecule has 0 aromatic rings. The number of rotatable bonds is 5. The van der Waals surface area contributed by atoms with Gasteiger partial charge in [0.25, 0.3) is 0 Å². The zero-order chi connectivity index (χ0) is 8.91. The number of aliphatic hydroxyl groups is 1. The van der Waals surface area contributed by atoms with Gasteiger partial charge in [-0.2, -0.15) is 0 Å². The average molecular weight is 176 g/mol. The molecular weight excluding hydrogens is 169 g/mol. The number of methoxy groups -OCH3 is 1. The van der Waals surface area contributed by atoms with Crippen molar-refractivity contribution in [2.75, 3.05) is 13.7 Å². The van der Waals surface area contributed by atoms with Crippen LogP contribution in [0.25, 0.3) is 0 Å². The van der Waals surface area contributed by atoms with Crippen molar-refractivity contribution in [2.45, 2.75) is 12.6 Å². The van der Waals surface area contributed by atoms with Gasteiger partial charge in [0.2, 0.25) is 0 Å². The Balaban J connectivity index is 3.52. The maximum Gasteiger partial charge on any atom is 0.516 e. The summed E-state index contributed by atoms with van der Waals surface area (Å²) in [6.45, 7) is -0.882. The van der Waals surface area contributed by atoms with Crippen LogP contribution >= 0.6 is 0 Å². The summed E-state index contributed by atoms with van der Waals surface area (Å²) in [5.41, 5.74) is 0. The van der Waals surface area contributed by atoms with Gasteiger partial charge < -0.3 is 9.84 Å². The number of hydrogen-bond donors (Lipinski definition) is 1. The van der Waals surface area contributed by atoms with Gasteiger partial charge in [0.05, 0.1) is 0 Å². The molecule has 0 saturated heterocycles. The first-order valence-corrected chi connectivity index (χ1v) is 2.54. The molecule has 1 atom stereocenters. The molecule has 0 heterocycles. The molecule has 7 heteroatoms. The standard InChI is InChI=1S/C4H7F3O4/c1-9-3(8)2-10-4(5,6)11-7/h3,8H,2H2,1H3. The number of ether oxygens (including phenoxy) is 2. The SMILES string of the molecule is COC(O)COC(F)(F)OF. The van der Waals surface area contributed by atoms with Crippen LogP contribution in [0.5, 0.6) is 0 Å². The molecule has 0 fully saturated rings. The lowest BCUT2D eigenvalue weighted by Gasteiger charge is -2.13. The van der Waals surface area contributed by atoms with Crippen molar-refractivity contribution in [3.8, 4) is 0 Å². The second kappa shape index (κ2) is 4.50. The molecule has 0 radical (unpaired) electrons. The van der Waals surface area contributed by atoms with Crippen LogP contribution in [0.3, 0.4) is 0 Å². The molecule has 11 heavy (non-hydrogen) atoms. The summed E-state index contributed by atoms with van der Waals surface area (Å²) in [5.74, 6) is 0. The highest BCUT2D eigenvalue weighted by Crippen LogP contribution is 2.17. The first-order chi connectivity index (χ1) is 5.02. The molecule has 4 nitrogen and oxygen atoms in total. The van der Waals surface area contributed by atoms with E-state index in [1.54, 1.807) is 0 Å². The van der Waals surface area contributed by atoms with Gasteiger partial charge in [-0.05, 0) is 4.53 Å². The molecule has 1 N–H and O–H groups in total. The number of alkyl halides is 2. The van der Waals surface area contributed by atoms with Crippen molar-refractivity contribution in [1.82, 2.24) is 0 Å². The smallest absolute Gasteiger partial charge is 0.366 e. The van der Waals surface area contributed by atoms with Crippen LogP contribution in [0.1, 0.15) is 0 Å². The summed E-state index contributed by atoms with van der Waals surface area (Å²) in [6, 6.07) is 0. The van der Waals surface area contributed by atoms with Gasteiger partial charge in [-0.15, -0.1) is 8.78 Å². The highest BCUT2D eigenvalue weighted by atomic mass is 19.4. The third-order valence-electron chi connectivity index (χ3n) is 0.756. The van der Waals surface area contributed by atoms with E-state index < -0.39 is 19.2 Å². The Bertz CT molecular complexity index is 110. The van der Waals surface area contributed by atoms with E-state index in [1.807, 2.05) is 0 Å². The van der Waals surface area contributed by atoms with Gasteiger partial charge in [0.15, 0.2) is 6.29 Å². The van der Waals surface area contributed by atoms with E-state index in [-0.39, 0.29) is 0 Å². The van der Waals surface area contributed by atoms with Gasteiger partial charge in [0.1, 0.15) is 6.61 Å². The van der Waals surface area contributed by atoms with Gasteiger partial charge in [-0.1, -0.05) is 4.94 Å². The van der Waals surface area contributed by atoms with Crippen LogP contribution in [0.4, 0.5) is 13.3 Å². The van der Waals surface area contributed by atoms with E-state index in [4.69, 9.17) is 5.11 Å². The minimum atomic E-state index is -4.33. The molecule has 0 aliphatic rings. The highest BCUT2D eigenvalue weighted by Gasteiger charge is 2.34. The van der Waals surface area contributed by atoms with Crippen LogP contribution in [0.15, 0.2) is 0 Å². The largest absolute Gasteiger partial charge is 0.516 e. The third kappa shape index (κ3) is 4.96. The van der Waals surface area contributed by atoms with Crippen molar-refractivity contribution in [1.29, 1.82) is 0 Å². The quantitative estimate of drug-likeness (QED) is 0.616. The maximum atomic E-state index is 11.7. The second-order valence-corrected chi connectivity index (χ2v) is 1.54. The molecule has 0 rings (SSSR count). The van der Waals surface area contributed by atoms with E-state index >= 15 is 0 Å². The Morgan fingerprint density at radius 2 is 2.09 bits per heavy atom. The lowest BCUT2D eigenvalue weighted by molar-refractivity contribution is -0.470. The van der Waals surface area contributed by atoms with E-state index in [0.717, 1.165) is 7.11 Å².